The first-order valence-electron chi connectivity index (χ1n) is 5.52. The van der Waals surface area contributed by atoms with Crippen molar-refractivity contribution in [2.24, 2.45) is 0 Å². The third-order valence-corrected chi connectivity index (χ3v) is 2.96. The Balaban J connectivity index is 2.19. The van der Waals surface area contributed by atoms with Gasteiger partial charge in [0, 0.05) is 18.1 Å². The van der Waals surface area contributed by atoms with Gasteiger partial charge in [-0.1, -0.05) is 0 Å². The van der Waals surface area contributed by atoms with Crippen LogP contribution in [0.15, 0.2) is 0 Å². The summed E-state index contributed by atoms with van der Waals surface area (Å²) in [6.07, 6.45) is 1.17. The lowest BCUT2D eigenvalue weighted by molar-refractivity contribution is 0.0660. The van der Waals surface area contributed by atoms with E-state index in [0.29, 0.717) is 6.04 Å². The van der Waals surface area contributed by atoms with Crippen LogP contribution in [0, 0.1) is 0 Å². The van der Waals surface area contributed by atoms with Gasteiger partial charge in [-0.25, -0.2) is 0 Å². The predicted octanol–water partition coefficient (Wildman–Crippen LogP) is 1.10. The third kappa shape index (κ3) is 3.95. The van der Waals surface area contributed by atoms with Gasteiger partial charge in [-0.3, -0.25) is 0 Å². The molecule has 1 fully saturated rings. The normalized spacial score (nSPS) is 24.2. The average molecular weight is 200 g/mol. The van der Waals surface area contributed by atoms with E-state index in [1.807, 2.05) is 0 Å². The first-order chi connectivity index (χ1) is 6.50. The van der Waals surface area contributed by atoms with Crippen molar-refractivity contribution in [3.63, 3.8) is 0 Å². The molecule has 0 radical (unpaired) electrons. The molecule has 0 saturated carbocycles. The number of hydrogen-bond acceptors (Lipinski definition) is 3. The molecule has 1 atom stereocenters. The van der Waals surface area contributed by atoms with E-state index < -0.39 is 0 Å². The second kappa shape index (κ2) is 5.10. The van der Waals surface area contributed by atoms with Crippen LogP contribution in [0.1, 0.15) is 27.2 Å². The Labute approximate surface area is 87.8 Å². The summed E-state index contributed by atoms with van der Waals surface area (Å²) in [5.74, 6) is 0. The maximum absolute atomic E-state index is 5.42. The van der Waals surface area contributed by atoms with Crippen LogP contribution < -0.4 is 5.32 Å². The molecule has 14 heavy (non-hydrogen) atoms. The van der Waals surface area contributed by atoms with Crippen molar-refractivity contribution >= 4 is 0 Å². The molecule has 0 bridgehead atoms. The molecule has 0 aromatic heterocycles. The average Bonchev–Trinajstić information content (AvgIpc) is 2.14. The molecule has 0 amide bonds. The van der Waals surface area contributed by atoms with E-state index >= 15 is 0 Å². The van der Waals surface area contributed by atoms with E-state index in [1.54, 1.807) is 0 Å². The van der Waals surface area contributed by atoms with Crippen LogP contribution in [-0.4, -0.2) is 49.8 Å². The van der Waals surface area contributed by atoms with Crippen molar-refractivity contribution in [3.8, 4) is 0 Å². The largest absolute Gasteiger partial charge is 0.379 e. The summed E-state index contributed by atoms with van der Waals surface area (Å²) in [5, 5.41) is 3.47. The van der Waals surface area contributed by atoms with Gasteiger partial charge in [-0.15, -0.1) is 0 Å². The second-order valence-electron chi connectivity index (χ2n) is 5.11. The number of hydrogen-bond donors (Lipinski definition) is 1. The molecule has 1 rings (SSSR count). The van der Waals surface area contributed by atoms with Crippen molar-refractivity contribution in [1.82, 2.24) is 10.2 Å². The molecule has 1 aliphatic rings. The van der Waals surface area contributed by atoms with Gasteiger partial charge in [-0.05, 0) is 40.8 Å². The molecule has 1 heterocycles. The molecule has 1 saturated heterocycles. The van der Waals surface area contributed by atoms with Crippen molar-refractivity contribution in [2.75, 3.05) is 33.4 Å². The molecule has 0 aromatic carbocycles. The van der Waals surface area contributed by atoms with Gasteiger partial charge in [0.1, 0.15) is 0 Å². The minimum Gasteiger partial charge on any atom is -0.379 e. The van der Waals surface area contributed by atoms with Crippen LogP contribution in [0.5, 0.6) is 0 Å². The minimum absolute atomic E-state index is 0.273. The number of ether oxygens (including phenoxy) is 1. The fourth-order valence-corrected chi connectivity index (χ4v) is 1.49. The highest BCUT2D eigenvalue weighted by Crippen LogP contribution is 2.11. The molecule has 0 spiro atoms. The van der Waals surface area contributed by atoms with E-state index in [2.05, 4.69) is 38.0 Å². The Kier molecular flexibility index (Phi) is 4.35. The van der Waals surface area contributed by atoms with E-state index in [9.17, 15) is 0 Å². The summed E-state index contributed by atoms with van der Waals surface area (Å²) in [6.45, 7) is 10.6. The van der Waals surface area contributed by atoms with Gasteiger partial charge in [0.15, 0.2) is 0 Å². The Morgan fingerprint density at radius 3 is 2.64 bits per heavy atom. The fraction of sp³-hybridized carbons (Fsp3) is 1.00. The Bertz CT molecular complexity index is 159. The maximum Gasteiger partial charge on any atom is 0.0620 e. The van der Waals surface area contributed by atoms with Crippen molar-refractivity contribution in [3.05, 3.63) is 0 Å². The first kappa shape index (κ1) is 12.0. The van der Waals surface area contributed by atoms with Crippen molar-refractivity contribution in [2.45, 2.75) is 38.8 Å². The van der Waals surface area contributed by atoms with E-state index in [-0.39, 0.29) is 5.54 Å². The molecular formula is C11H24N2O. The highest BCUT2D eigenvalue weighted by molar-refractivity contribution is 4.76. The molecule has 84 valence electrons. The van der Waals surface area contributed by atoms with E-state index in [1.165, 1.54) is 6.42 Å². The summed E-state index contributed by atoms with van der Waals surface area (Å²) in [7, 11) is 2.18. The van der Waals surface area contributed by atoms with Gasteiger partial charge in [0.25, 0.3) is 0 Å². The molecule has 1 N–H and O–H groups in total. The standard InChI is InChI=1S/C11H24N2O/c1-11(2,3)13(4)7-5-10-9-14-8-6-12-10/h10,12H,5-9H2,1-4H3. The summed E-state index contributed by atoms with van der Waals surface area (Å²) in [6, 6.07) is 0.550. The monoisotopic (exact) mass is 200 g/mol. The van der Waals surface area contributed by atoms with E-state index in [0.717, 1.165) is 26.3 Å². The van der Waals surface area contributed by atoms with Crippen molar-refractivity contribution < 1.29 is 4.74 Å². The van der Waals surface area contributed by atoms with Crippen LogP contribution in [-0.2, 0) is 4.74 Å². The van der Waals surface area contributed by atoms with Crippen LogP contribution in [0.2, 0.25) is 0 Å². The Hall–Kier alpha value is -0.120. The SMILES string of the molecule is CN(CCC1COCCN1)C(C)(C)C. The lowest BCUT2D eigenvalue weighted by atomic mass is 10.1. The lowest BCUT2D eigenvalue weighted by Crippen LogP contribution is -2.45. The highest BCUT2D eigenvalue weighted by Gasteiger charge is 2.19. The van der Waals surface area contributed by atoms with Crippen LogP contribution in [0.3, 0.4) is 0 Å². The number of morpholine rings is 1. The summed E-state index contributed by atoms with van der Waals surface area (Å²) >= 11 is 0. The zero-order valence-corrected chi connectivity index (χ0v) is 9.97. The molecule has 0 aliphatic carbocycles. The van der Waals surface area contributed by atoms with Gasteiger partial charge in [-0.2, -0.15) is 0 Å². The number of rotatable bonds is 3. The molecule has 0 aromatic rings. The van der Waals surface area contributed by atoms with Crippen LogP contribution >= 0.6 is 0 Å². The number of nitrogens with zero attached hydrogens (tertiary/aromatic N) is 1. The Morgan fingerprint density at radius 1 is 1.43 bits per heavy atom. The summed E-state index contributed by atoms with van der Waals surface area (Å²) in [5.41, 5.74) is 0.273. The Morgan fingerprint density at radius 2 is 2.14 bits per heavy atom. The van der Waals surface area contributed by atoms with Gasteiger partial charge < -0.3 is 15.0 Å². The number of nitrogens with one attached hydrogen (secondary N) is 1. The maximum atomic E-state index is 5.42. The molecule has 3 heteroatoms. The molecular weight excluding hydrogens is 176 g/mol. The molecule has 3 nitrogen and oxygen atoms in total. The molecule has 1 aliphatic heterocycles. The van der Waals surface area contributed by atoms with Crippen LogP contribution in [0.4, 0.5) is 0 Å². The summed E-state index contributed by atoms with van der Waals surface area (Å²) < 4.78 is 5.42. The van der Waals surface area contributed by atoms with Gasteiger partial charge in [0.05, 0.1) is 13.2 Å². The third-order valence-electron chi connectivity index (χ3n) is 2.96. The zero-order valence-electron chi connectivity index (χ0n) is 9.97. The molecule has 1 unspecified atom stereocenters. The van der Waals surface area contributed by atoms with Gasteiger partial charge in [0.2, 0.25) is 0 Å². The topological polar surface area (TPSA) is 24.5 Å². The summed E-state index contributed by atoms with van der Waals surface area (Å²) in [4.78, 5) is 2.39. The lowest BCUT2D eigenvalue weighted by Gasteiger charge is -2.33. The second-order valence-corrected chi connectivity index (χ2v) is 5.11. The van der Waals surface area contributed by atoms with Crippen molar-refractivity contribution in [1.29, 1.82) is 0 Å². The van der Waals surface area contributed by atoms with Gasteiger partial charge >= 0.3 is 0 Å². The van der Waals surface area contributed by atoms with Crippen LogP contribution in [0.25, 0.3) is 0 Å². The zero-order chi connectivity index (χ0) is 10.6. The van der Waals surface area contributed by atoms with E-state index in [4.69, 9.17) is 4.74 Å². The predicted molar refractivity (Wildman–Crippen MR) is 59.6 cm³/mol. The fourth-order valence-electron chi connectivity index (χ4n) is 1.49. The highest BCUT2D eigenvalue weighted by atomic mass is 16.5. The minimum atomic E-state index is 0.273. The first-order valence-corrected chi connectivity index (χ1v) is 5.52. The smallest absolute Gasteiger partial charge is 0.0620 e. The quantitative estimate of drug-likeness (QED) is 0.738.